The van der Waals surface area contributed by atoms with Gasteiger partial charge < -0.3 is 0 Å². The number of hydrogen-bond donors (Lipinski definition) is 0. The van der Waals surface area contributed by atoms with Crippen LogP contribution in [0.25, 0.3) is 0 Å². The van der Waals surface area contributed by atoms with Gasteiger partial charge in [-0.2, -0.15) is 0 Å². The summed E-state index contributed by atoms with van der Waals surface area (Å²) in [5.41, 5.74) is 1.96. The van der Waals surface area contributed by atoms with Gasteiger partial charge in [-0.05, 0) is 86.7 Å². The zero-order valence-corrected chi connectivity index (χ0v) is 15.0. The molecule has 0 bridgehead atoms. The van der Waals surface area contributed by atoms with E-state index in [0.717, 1.165) is 24.7 Å². The minimum Gasteiger partial charge on any atom is -0.295 e. The van der Waals surface area contributed by atoms with Crippen LogP contribution in [0.2, 0.25) is 0 Å². The van der Waals surface area contributed by atoms with E-state index < -0.39 is 0 Å². The van der Waals surface area contributed by atoms with Crippen LogP contribution in [0.15, 0.2) is 33.5 Å². The van der Waals surface area contributed by atoms with E-state index in [2.05, 4.69) is 54.7 Å². The summed E-state index contributed by atoms with van der Waals surface area (Å²) in [6, 6.07) is 0. The molecule has 0 heterocycles. The predicted molar refractivity (Wildman–Crippen MR) is 94.1 cm³/mol. The fourth-order valence-electron chi connectivity index (χ4n) is 5.52. The second-order valence-corrected chi connectivity index (χ2v) is 9.04. The van der Waals surface area contributed by atoms with Gasteiger partial charge in [0.05, 0.1) is 0 Å². The van der Waals surface area contributed by atoms with Crippen molar-refractivity contribution in [2.45, 2.75) is 46.0 Å². The second-order valence-electron chi connectivity index (χ2n) is 7.88. The van der Waals surface area contributed by atoms with Crippen molar-refractivity contribution in [3.05, 3.63) is 33.5 Å². The van der Waals surface area contributed by atoms with Gasteiger partial charge in [0.1, 0.15) is 0 Å². The van der Waals surface area contributed by atoms with Crippen molar-refractivity contribution in [2.75, 3.05) is 0 Å². The molecule has 4 aliphatic rings. The summed E-state index contributed by atoms with van der Waals surface area (Å²) in [6.45, 7) is 4.90. The molecule has 0 amide bonds. The molecule has 2 heteroatoms. The summed E-state index contributed by atoms with van der Waals surface area (Å²) in [7, 11) is 0. The largest absolute Gasteiger partial charge is 0.295 e. The van der Waals surface area contributed by atoms with Crippen LogP contribution in [-0.4, -0.2) is 5.78 Å². The van der Waals surface area contributed by atoms with E-state index in [1.54, 1.807) is 3.58 Å². The number of carbonyl (C=O) groups excluding carboxylic acids is 1. The van der Waals surface area contributed by atoms with Crippen LogP contribution in [-0.2, 0) is 4.79 Å². The van der Waals surface area contributed by atoms with Gasteiger partial charge >= 0.3 is 0 Å². The Morgan fingerprint density at radius 2 is 2.00 bits per heavy atom. The van der Waals surface area contributed by atoms with E-state index >= 15 is 0 Å². The Kier molecular flexibility index (Phi) is 3.09. The van der Waals surface area contributed by atoms with Gasteiger partial charge in [-0.25, -0.2) is 0 Å². The lowest BCUT2D eigenvalue weighted by molar-refractivity contribution is -0.116. The molecule has 0 saturated heterocycles. The number of hydrogen-bond acceptors (Lipinski definition) is 1. The number of allylic oxidation sites excluding steroid dienone is 6. The Hall–Kier alpha value is -0.380. The highest BCUT2D eigenvalue weighted by Crippen LogP contribution is 2.64. The van der Waals surface area contributed by atoms with Crippen molar-refractivity contribution in [3.8, 4) is 0 Å². The van der Waals surface area contributed by atoms with E-state index in [9.17, 15) is 4.79 Å². The Morgan fingerprint density at radius 3 is 2.81 bits per heavy atom. The van der Waals surface area contributed by atoms with E-state index in [0.29, 0.717) is 17.1 Å². The maximum atomic E-state index is 11.8. The molecule has 0 aromatic heterocycles. The zero-order chi connectivity index (χ0) is 14.8. The molecule has 0 N–H and O–H groups in total. The van der Waals surface area contributed by atoms with Gasteiger partial charge in [0.25, 0.3) is 0 Å². The lowest BCUT2D eigenvalue weighted by Crippen LogP contribution is -2.48. The van der Waals surface area contributed by atoms with Gasteiger partial charge in [0, 0.05) is 11.8 Å². The highest BCUT2D eigenvalue weighted by Gasteiger charge is 2.55. The van der Waals surface area contributed by atoms with Crippen LogP contribution in [0, 0.1) is 28.6 Å². The third-order valence-electron chi connectivity index (χ3n) is 7.00. The molecule has 112 valence electrons. The Bertz CT molecular complexity index is 599. The van der Waals surface area contributed by atoms with Crippen molar-refractivity contribution < 1.29 is 4.79 Å². The van der Waals surface area contributed by atoms with E-state index in [-0.39, 0.29) is 5.41 Å². The van der Waals surface area contributed by atoms with Gasteiger partial charge in [-0.1, -0.05) is 32.1 Å². The first-order chi connectivity index (χ1) is 9.95. The average Bonchev–Trinajstić information content (AvgIpc) is 2.76. The molecular formula is C19H23IO. The fourth-order valence-corrected chi connectivity index (χ4v) is 6.44. The smallest absolute Gasteiger partial charge is 0.156 e. The first-order valence-electron chi connectivity index (χ1n) is 8.24. The normalized spacial score (nSPS) is 48.1. The second kappa shape index (κ2) is 4.56. The topological polar surface area (TPSA) is 17.1 Å². The van der Waals surface area contributed by atoms with Crippen LogP contribution in [0.1, 0.15) is 46.0 Å². The molecule has 0 aliphatic heterocycles. The monoisotopic (exact) mass is 394 g/mol. The van der Waals surface area contributed by atoms with Gasteiger partial charge in [-0.3, -0.25) is 4.79 Å². The van der Waals surface area contributed by atoms with Crippen LogP contribution >= 0.6 is 22.6 Å². The maximum absolute atomic E-state index is 11.8. The van der Waals surface area contributed by atoms with E-state index in [1.165, 1.54) is 24.8 Å². The highest BCUT2D eigenvalue weighted by molar-refractivity contribution is 14.1. The lowest BCUT2D eigenvalue weighted by atomic mass is 9.49. The molecule has 4 rings (SSSR count). The van der Waals surface area contributed by atoms with Gasteiger partial charge in [0.15, 0.2) is 5.78 Å². The van der Waals surface area contributed by atoms with Crippen LogP contribution < -0.4 is 0 Å². The first kappa shape index (κ1) is 14.2. The molecule has 21 heavy (non-hydrogen) atoms. The molecule has 5 atom stereocenters. The molecular weight excluding hydrogens is 371 g/mol. The minimum atomic E-state index is 0.239. The van der Waals surface area contributed by atoms with Crippen molar-refractivity contribution >= 4 is 28.4 Å². The molecule has 3 unspecified atom stereocenters. The molecule has 1 fully saturated rings. The van der Waals surface area contributed by atoms with Gasteiger partial charge in [0.2, 0.25) is 0 Å². The van der Waals surface area contributed by atoms with Crippen molar-refractivity contribution in [1.82, 2.24) is 0 Å². The van der Waals surface area contributed by atoms with Crippen LogP contribution in [0.4, 0.5) is 0 Å². The van der Waals surface area contributed by atoms with Gasteiger partial charge in [-0.15, -0.1) is 0 Å². The number of halogens is 1. The van der Waals surface area contributed by atoms with E-state index in [1.807, 2.05) is 6.08 Å². The van der Waals surface area contributed by atoms with Crippen molar-refractivity contribution in [2.24, 2.45) is 28.6 Å². The lowest BCUT2D eigenvalue weighted by Gasteiger charge is -2.55. The van der Waals surface area contributed by atoms with E-state index in [4.69, 9.17) is 0 Å². The summed E-state index contributed by atoms with van der Waals surface area (Å²) in [5.74, 6) is 2.52. The Labute approximate surface area is 141 Å². The summed E-state index contributed by atoms with van der Waals surface area (Å²) < 4.78 is 1.59. The quantitative estimate of drug-likeness (QED) is 0.515. The summed E-state index contributed by atoms with van der Waals surface area (Å²) in [6.07, 6.45) is 14.8. The van der Waals surface area contributed by atoms with Crippen molar-refractivity contribution in [1.29, 1.82) is 0 Å². The number of fused-ring (bicyclic) bond motifs is 5. The van der Waals surface area contributed by atoms with Crippen LogP contribution in [0.5, 0.6) is 0 Å². The van der Waals surface area contributed by atoms with Crippen LogP contribution in [0.3, 0.4) is 0 Å². The first-order valence-corrected chi connectivity index (χ1v) is 9.32. The Morgan fingerprint density at radius 1 is 1.19 bits per heavy atom. The third kappa shape index (κ3) is 1.83. The molecule has 0 radical (unpaired) electrons. The molecule has 1 saturated carbocycles. The highest BCUT2D eigenvalue weighted by atomic mass is 127. The molecule has 1 nitrogen and oxygen atoms in total. The summed E-state index contributed by atoms with van der Waals surface area (Å²) in [4.78, 5) is 11.8. The standard InChI is InChI=1S/C19H23IO/c1-18-9-7-13(21)11-12(18)3-4-14-15-5-6-17(20)19(15,2)10-8-16(14)18/h3-4,6,11,14-16H,5,7-10H2,1-2H3/t14?,15?,16?,18-,19-/m0/s1. The third-order valence-corrected chi connectivity index (χ3v) is 8.67. The average molecular weight is 394 g/mol. The fraction of sp³-hybridized carbons (Fsp3) is 0.632. The predicted octanol–water partition coefficient (Wildman–Crippen LogP) is 5.22. The van der Waals surface area contributed by atoms with Crippen molar-refractivity contribution in [3.63, 3.8) is 0 Å². The Balaban J connectivity index is 1.76. The summed E-state index contributed by atoms with van der Waals surface area (Å²) in [5, 5.41) is 0. The number of ketones is 1. The number of rotatable bonds is 0. The molecule has 4 aliphatic carbocycles. The molecule has 0 aromatic carbocycles. The maximum Gasteiger partial charge on any atom is 0.156 e. The molecule has 0 spiro atoms. The molecule has 0 aromatic rings. The zero-order valence-electron chi connectivity index (χ0n) is 12.9. The minimum absolute atomic E-state index is 0.239. The SMILES string of the molecule is C[C@]12CCC(=O)C=C1C=CC1C2CC[C@]2(C)C(I)=CCC12. The summed E-state index contributed by atoms with van der Waals surface area (Å²) >= 11 is 2.57. The number of carbonyl (C=O) groups is 1.